The normalized spacial score (nSPS) is 11.2. The van der Waals surface area contributed by atoms with Crippen LogP contribution in [0.15, 0.2) is 35.1 Å². The smallest absolute Gasteiger partial charge is 0.336 e. The molecule has 5 nitrogen and oxygen atoms in total. The average molecular weight is 274 g/mol. The Morgan fingerprint density at radius 1 is 1.30 bits per heavy atom. The Kier molecular flexibility index (Phi) is 4.20. The Morgan fingerprint density at radius 3 is 2.65 bits per heavy atom. The molecular weight excluding hydrogens is 256 g/mol. The summed E-state index contributed by atoms with van der Waals surface area (Å²) in [4.78, 5) is 25.4. The summed E-state index contributed by atoms with van der Waals surface area (Å²) in [5.41, 5.74) is 0.477. The molecule has 0 saturated carbocycles. The molecule has 106 valence electrons. The van der Waals surface area contributed by atoms with Crippen LogP contribution in [0.3, 0.4) is 0 Å². The van der Waals surface area contributed by atoms with Crippen LogP contribution in [0.1, 0.15) is 16.8 Å². The van der Waals surface area contributed by atoms with E-state index in [-0.39, 0.29) is 11.1 Å². The van der Waals surface area contributed by atoms with Crippen molar-refractivity contribution in [2.75, 3.05) is 20.6 Å². The highest BCUT2D eigenvalue weighted by Gasteiger charge is 2.13. The molecule has 20 heavy (non-hydrogen) atoms. The molecule has 0 radical (unpaired) electrons. The minimum atomic E-state index is -1.07. The highest BCUT2D eigenvalue weighted by Crippen LogP contribution is 2.17. The van der Waals surface area contributed by atoms with Gasteiger partial charge in [0.25, 0.3) is 5.56 Å². The van der Waals surface area contributed by atoms with Crippen LogP contribution in [0.4, 0.5) is 0 Å². The number of aryl methyl sites for hydroxylation is 1. The highest BCUT2D eigenvalue weighted by atomic mass is 16.4. The van der Waals surface area contributed by atoms with Gasteiger partial charge in [0, 0.05) is 18.0 Å². The van der Waals surface area contributed by atoms with Crippen molar-refractivity contribution in [2.24, 2.45) is 0 Å². The number of carboxylic acids is 1. The Bertz CT molecular complexity index is 689. The molecule has 2 aromatic rings. The summed E-state index contributed by atoms with van der Waals surface area (Å²) in [6, 6.07) is 8.33. The molecule has 0 saturated heterocycles. The summed E-state index contributed by atoms with van der Waals surface area (Å²) in [6.07, 6.45) is 0.837. The van der Waals surface area contributed by atoms with Gasteiger partial charge in [-0.25, -0.2) is 4.79 Å². The van der Waals surface area contributed by atoms with Crippen molar-refractivity contribution in [3.05, 3.63) is 46.2 Å². The zero-order valence-electron chi connectivity index (χ0n) is 11.7. The second kappa shape index (κ2) is 5.88. The number of aromatic nitrogens is 1. The first-order valence-corrected chi connectivity index (χ1v) is 6.51. The number of carbonyl (C=O) groups is 1. The van der Waals surface area contributed by atoms with Gasteiger partial charge in [0.1, 0.15) is 0 Å². The molecule has 1 N–H and O–H groups in total. The van der Waals surface area contributed by atoms with Gasteiger partial charge >= 0.3 is 5.97 Å². The third-order valence-electron chi connectivity index (χ3n) is 3.24. The molecule has 2 rings (SSSR count). The fourth-order valence-corrected chi connectivity index (χ4v) is 2.29. The number of para-hydroxylation sites is 1. The van der Waals surface area contributed by atoms with Gasteiger partial charge in [0.05, 0.1) is 11.1 Å². The number of fused-ring (bicyclic) bond motifs is 1. The lowest BCUT2D eigenvalue weighted by atomic mass is 10.1. The van der Waals surface area contributed by atoms with E-state index in [9.17, 15) is 14.7 Å². The van der Waals surface area contributed by atoms with Crippen LogP contribution >= 0.6 is 0 Å². The van der Waals surface area contributed by atoms with Gasteiger partial charge in [-0.3, -0.25) is 4.79 Å². The van der Waals surface area contributed by atoms with E-state index in [4.69, 9.17) is 0 Å². The molecular formula is C15H18N2O3. The van der Waals surface area contributed by atoms with Crippen LogP contribution in [0, 0.1) is 0 Å². The maximum atomic E-state index is 12.1. The van der Waals surface area contributed by atoms with Gasteiger partial charge in [-0.15, -0.1) is 0 Å². The van der Waals surface area contributed by atoms with Crippen molar-refractivity contribution in [1.82, 2.24) is 9.47 Å². The Hall–Kier alpha value is -2.14. The third-order valence-corrected chi connectivity index (χ3v) is 3.24. The van der Waals surface area contributed by atoms with Crippen LogP contribution in [-0.2, 0) is 6.54 Å². The van der Waals surface area contributed by atoms with Gasteiger partial charge in [-0.1, -0.05) is 18.2 Å². The number of nitrogens with zero attached hydrogens (tertiary/aromatic N) is 2. The number of pyridine rings is 1. The summed E-state index contributed by atoms with van der Waals surface area (Å²) in [5.74, 6) is -1.07. The number of hydrogen-bond donors (Lipinski definition) is 1. The van der Waals surface area contributed by atoms with Crippen LogP contribution in [0.2, 0.25) is 0 Å². The lowest BCUT2D eigenvalue weighted by Gasteiger charge is -2.13. The van der Waals surface area contributed by atoms with Gasteiger partial charge in [-0.05, 0) is 33.1 Å². The van der Waals surface area contributed by atoms with Crippen molar-refractivity contribution in [3.63, 3.8) is 0 Å². The molecule has 0 fully saturated rings. The highest BCUT2D eigenvalue weighted by molar-refractivity contribution is 6.02. The fourth-order valence-electron chi connectivity index (χ4n) is 2.29. The van der Waals surface area contributed by atoms with Crippen LogP contribution in [0.5, 0.6) is 0 Å². The summed E-state index contributed by atoms with van der Waals surface area (Å²) in [7, 11) is 3.96. The summed E-state index contributed by atoms with van der Waals surface area (Å²) in [5, 5.41) is 9.79. The van der Waals surface area contributed by atoms with E-state index in [0.717, 1.165) is 13.0 Å². The van der Waals surface area contributed by atoms with Crippen LogP contribution in [0.25, 0.3) is 10.9 Å². The number of rotatable bonds is 5. The number of aromatic carboxylic acids is 1. The molecule has 0 bridgehead atoms. The number of hydrogen-bond acceptors (Lipinski definition) is 3. The third kappa shape index (κ3) is 2.88. The first-order chi connectivity index (χ1) is 9.50. The largest absolute Gasteiger partial charge is 0.478 e. The van der Waals surface area contributed by atoms with E-state index >= 15 is 0 Å². The first kappa shape index (κ1) is 14.3. The van der Waals surface area contributed by atoms with E-state index in [1.165, 1.54) is 6.07 Å². The Balaban J connectivity index is 2.50. The van der Waals surface area contributed by atoms with E-state index in [1.807, 2.05) is 20.2 Å². The monoisotopic (exact) mass is 274 g/mol. The molecule has 0 aliphatic heterocycles. The topological polar surface area (TPSA) is 62.5 Å². The zero-order chi connectivity index (χ0) is 14.7. The maximum absolute atomic E-state index is 12.1. The summed E-state index contributed by atoms with van der Waals surface area (Å²) < 4.78 is 1.64. The number of benzene rings is 1. The maximum Gasteiger partial charge on any atom is 0.336 e. The van der Waals surface area contributed by atoms with Gasteiger partial charge < -0.3 is 14.6 Å². The molecule has 0 amide bonds. The van der Waals surface area contributed by atoms with Crippen molar-refractivity contribution in [3.8, 4) is 0 Å². The summed E-state index contributed by atoms with van der Waals surface area (Å²) in [6.45, 7) is 1.46. The molecule has 0 atom stereocenters. The van der Waals surface area contributed by atoms with Crippen LogP contribution in [-0.4, -0.2) is 41.2 Å². The predicted octanol–water partition coefficient (Wildman–Crippen LogP) is 1.65. The van der Waals surface area contributed by atoms with Gasteiger partial charge in [-0.2, -0.15) is 0 Å². The van der Waals surface area contributed by atoms with Crippen molar-refractivity contribution in [1.29, 1.82) is 0 Å². The SMILES string of the molecule is CN(C)CCCn1c(=O)cc(C(=O)O)c2ccccc21. The van der Waals surface area contributed by atoms with E-state index < -0.39 is 5.97 Å². The lowest BCUT2D eigenvalue weighted by Crippen LogP contribution is -2.24. The second-order valence-corrected chi connectivity index (χ2v) is 5.03. The zero-order valence-corrected chi connectivity index (χ0v) is 11.7. The molecule has 0 aliphatic carbocycles. The minimum Gasteiger partial charge on any atom is -0.478 e. The van der Waals surface area contributed by atoms with Crippen LogP contribution < -0.4 is 5.56 Å². The van der Waals surface area contributed by atoms with E-state index in [1.54, 1.807) is 22.8 Å². The quantitative estimate of drug-likeness (QED) is 0.900. The molecule has 0 unspecified atom stereocenters. The van der Waals surface area contributed by atoms with Gasteiger partial charge in [0.15, 0.2) is 0 Å². The Morgan fingerprint density at radius 2 is 2.00 bits per heavy atom. The van der Waals surface area contributed by atoms with Crippen molar-refractivity contribution < 1.29 is 9.90 Å². The molecule has 1 aromatic carbocycles. The summed E-state index contributed by atoms with van der Waals surface area (Å²) >= 11 is 0. The molecule has 5 heteroatoms. The molecule has 1 aromatic heterocycles. The molecule has 1 heterocycles. The molecule has 0 spiro atoms. The molecule has 0 aliphatic rings. The first-order valence-electron chi connectivity index (χ1n) is 6.51. The van der Waals surface area contributed by atoms with Crippen molar-refractivity contribution >= 4 is 16.9 Å². The van der Waals surface area contributed by atoms with E-state index in [2.05, 4.69) is 4.90 Å². The van der Waals surface area contributed by atoms with Gasteiger partial charge in [0.2, 0.25) is 0 Å². The predicted molar refractivity (Wildman–Crippen MR) is 78.3 cm³/mol. The lowest BCUT2D eigenvalue weighted by molar-refractivity contribution is 0.0698. The Labute approximate surface area is 117 Å². The minimum absolute atomic E-state index is 0.0643. The standard InChI is InChI=1S/C15H18N2O3/c1-16(2)8-5-9-17-13-7-4-3-6-11(13)12(15(19)20)10-14(17)18/h3-4,6-7,10H,5,8-9H2,1-2H3,(H,19,20). The number of carboxylic acid groups (broad SMARTS) is 1. The second-order valence-electron chi connectivity index (χ2n) is 5.03. The fraction of sp³-hybridized carbons (Fsp3) is 0.333. The average Bonchev–Trinajstić information content (AvgIpc) is 2.40. The van der Waals surface area contributed by atoms with Crippen molar-refractivity contribution in [2.45, 2.75) is 13.0 Å². The van der Waals surface area contributed by atoms with E-state index in [0.29, 0.717) is 17.4 Å².